The first kappa shape index (κ1) is 12.3. The van der Waals surface area contributed by atoms with E-state index in [0.717, 1.165) is 0 Å². The number of furan rings is 1. The molecule has 88 valence electrons. The molecule has 0 saturated heterocycles. The van der Waals surface area contributed by atoms with E-state index < -0.39 is 17.9 Å². The molecule has 0 fully saturated rings. The first-order valence-electron chi connectivity index (χ1n) is 4.92. The number of ether oxygens (including phenoxy) is 1. The van der Waals surface area contributed by atoms with Gasteiger partial charge in [0, 0.05) is 0 Å². The van der Waals surface area contributed by atoms with E-state index in [-0.39, 0.29) is 11.3 Å². The van der Waals surface area contributed by atoms with Crippen LogP contribution in [-0.2, 0) is 9.53 Å². The van der Waals surface area contributed by atoms with Crippen LogP contribution in [0.15, 0.2) is 10.5 Å². The fourth-order valence-corrected chi connectivity index (χ4v) is 1.49. The predicted octanol–water partition coefficient (Wildman–Crippen LogP) is 1.95. The van der Waals surface area contributed by atoms with Gasteiger partial charge in [-0.25, -0.2) is 4.79 Å². The Kier molecular flexibility index (Phi) is 3.71. The number of esters is 1. The number of aliphatic carboxylic acids is 1. The van der Waals surface area contributed by atoms with E-state index in [1.165, 1.54) is 13.2 Å². The first-order valence-corrected chi connectivity index (χ1v) is 4.92. The van der Waals surface area contributed by atoms with Gasteiger partial charge in [0.1, 0.15) is 23.0 Å². The number of carbonyl (C=O) groups excluding carboxylic acids is 1. The molecule has 1 aromatic heterocycles. The third kappa shape index (κ3) is 2.24. The van der Waals surface area contributed by atoms with E-state index in [1.54, 1.807) is 13.8 Å². The highest BCUT2D eigenvalue weighted by atomic mass is 16.5. The van der Waals surface area contributed by atoms with E-state index in [0.29, 0.717) is 12.2 Å². The lowest BCUT2D eigenvalue weighted by molar-refractivity contribution is -0.139. The number of carbonyl (C=O) groups is 2. The van der Waals surface area contributed by atoms with Crippen molar-refractivity contribution in [3.05, 3.63) is 23.2 Å². The number of aryl methyl sites for hydroxylation is 1. The third-order valence-corrected chi connectivity index (χ3v) is 2.39. The van der Waals surface area contributed by atoms with Crippen LogP contribution in [0.5, 0.6) is 0 Å². The second-order valence-corrected chi connectivity index (χ2v) is 3.41. The van der Waals surface area contributed by atoms with E-state index in [9.17, 15) is 9.59 Å². The predicted molar refractivity (Wildman–Crippen MR) is 55.5 cm³/mol. The molecule has 0 aliphatic heterocycles. The zero-order valence-electron chi connectivity index (χ0n) is 9.44. The van der Waals surface area contributed by atoms with Crippen molar-refractivity contribution in [1.82, 2.24) is 0 Å². The summed E-state index contributed by atoms with van der Waals surface area (Å²) in [5.41, 5.74) is 0.275. The maximum absolute atomic E-state index is 11.3. The van der Waals surface area contributed by atoms with Crippen molar-refractivity contribution in [3.63, 3.8) is 0 Å². The van der Waals surface area contributed by atoms with Gasteiger partial charge < -0.3 is 14.3 Å². The second-order valence-electron chi connectivity index (χ2n) is 3.41. The molecule has 5 heteroatoms. The average Bonchev–Trinajstić information content (AvgIpc) is 2.59. The topological polar surface area (TPSA) is 76.7 Å². The third-order valence-electron chi connectivity index (χ3n) is 2.39. The van der Waals surface area contributed by atoms with Crippen LogP contribution in [0, 0.1) is 6.92 Å². The van der Waals surface area contributed by atoms with Crippen molar-refractivity contribution in [2.45, 2.75) is 26.2 Å². The Morgan fingerprint density at radius 1 is 1.56 bits per heavy atom. The van der Waals surface area contributed by atoms with E-state index >= 15 is 0 Å². The van der Waals surface area contributed by atoms with Crippen LogP contribution in [0.3, 0.4) is 0 Å². The Balaban J connectivity index is 3.08. The summed E-state index contributed by atoms with van der Waals surface area (Å²) < 4.78 is 9.83. The molecule has 0 bridgehead atoms. The number of rotatable bonds is 4. The molecule has 0 aromatic carbocycles. The van der Waals surface area contributed by atoms with Crippen LogP contribution >= 0.6 is 0 Å². The van der Waals surface area contributed by atoms with Crippen LogP contribution in [-0.4, -0.2) is 24.2 Å². The van der Waals surface area contributed by atoms with Gasteiger partial charge >= 0.3 is 11.9 Å². The van der Waals surface area contributed by atoms with Crippen LogP contribution in [0.2, 0.25) is 0 Å². The zero-order valence-corrected chi connectivity index (χ0v) is 9.44. The summed E-state index contributed by atoms with van der Waals surface area (Å²) in [6, 6.07) is 1.43. The Morgan fingerprint density at radius 3 is 2.62 bits per heavy atom. The number of hydrogen-bond acceptors (Lipinski definition) is 4. The molecule has 0 aliphatic carbocycles. The minimum Gasteiger partial charge on any atom is -0.481 e. The Labute approximate surface area is 93.0 Å². The van der Waals surface area contributed by atoms with Gasteiger partial charge in [0.25, 0.3) is 0 Å². The monoisotopic (exact) mass is 226 g/mol. The van der Waals surface area contributed by atoms with Gasteiger partial charge in [-0.1, -0.05) is 6.92 Å². The lowest BCUT2D eigenvalue weighted by Crippen LogP contribution is -2.09. The van der Waals surface area contributed by atoms with Crippen LogP contribution in [0.25, 0.3) is 0 Å². The fraction of sp³-hybridized carbons (Fsp3) is 0.455. The van der Waals surface area contributed by atoms with Crippen LogP contribution in [0.1, 0.15) is 41.1 Å². The van der Waals surface area contributed by atoms with Crippen LogP contribution < -0.4 is 0 Å². The zero-order chi connectivity index (χ0) is 12.3. The first-order chi connectivity index (χ1) is 7.51. The minimum absolute atomic E-state index is 0.275. The Hall–Kier alpha value is -1.78. The Bertz CT molecular complexity index is 405. The summed E-state index contributed by atoms with van der Waals surface area (Å²) in [5, 5.41) is 8.95. The molecule has 1 rings (SSSR count). The van der Waals surface area contributed by atoms with Crippen molar-refractivity contribution in [1.29, 1.82) is 0 Å². The van der Waals surface area contributed by atoms with Crippen molar-refractivity contribution in [3.8, 4) is 0 Å². The summed E-state index contributed by atoms with van der Waals surface area (Å²) in [5.74, 6) is -1.55. The molecule has 1 heterocycles. The smallest absolute Gasteiger partial charge is 0.341 e. The van der Waals surface area contributed by atoms with E-state index in [4.69, 9.17) is 9.52 Å². The molecule has 1 unspecified atom stereocenters. The van der Waals surface area contributed by atoms with Gasteiger partial charge in [0.2, 0.25) is 0 Å². The molecule has 0 saturated carbocycles. The highest BCUT2D eigenvalue weighted by Crippen LogP contribution is 2.25. The van der Waals surface area contributed by atoms with Gasteiger partial charge in [-0.05, 0) is 19.4 Å². The lowest BCUT2D eigenvalue weighted by atomic mass is 10.0. The van der Waals surface area contributed by atoms with E-state index in [2.05, 4.69) is 4.74 Å². The molecule has 1 N–H and O–H groups in total. The molecule has 0 spiro atoms. The standard InChI is InChI=1S/C11H14O5/c1-4-7(10(12)13)9-5-8(6(2)16-9)11(14)15-3/h5,7H,4H2,1-3H3,(H,12,13). The molecule has 1 atom stereocenters. The molecule has 0 amide bonds. The van der Waals surface area contributed by atoms with Crippen LogP contribution in [0.4, 0.5) is 0 Å². The Morgan fingerprint density at radius 2 is 2.19 bits per heavy atom. The van der Waals surface area contributed by atoms with Crippen molar-refractivity contribution < 1.29 is 23.8 Å². The summed E-state index contributed by atoms with van der Waals surface area (Å²) in [6.07, 6.45) is 0.406. The molecule has 0 aliphatic rings. The second kappa shape index (κ2) is 4.83. The number of carboxylic acid groups (broad SMARTS) is 1. The highest BCUT2D eigenvalue weighted by molar-refractivity contribution is 5.91. The highest BCUT2D eigenvalue weighted by Gasteiger charge is 2.25. The van der Waals surface area contributed by atoms with Crippen molar-refractivity contribution >= 4 is 11.9 Å². The summed E-state index contributed by atoms with van der Waals surface area (Å²) in [4.78, 5) is 22.2. The quantitative estimate of drug-likeness (QED) is 0.794. The molecule has 16 heavy (non-hydrogen) atoms. The number of methoxy groups -OCH3 is 1. The summed E-state index contributed by atoms with van der Waals surface area (Å²) >= 11 is 0. The van der Waals surface area contributed by atoms with Gasteiger partial charge in [0.15, 0.2) is 0 Å². The normalized spacial score (nSPS) is 12.2. The SMILES string of the molecule is CCC(C(=O)O)c1cc(C(=O)OC)c(C)o1. The van der Waals surface area contributed by atoms with Crippen molar-refractivity contribution in [2.75, 3.05) is 7.11 Å². The van der Waals surface area contributed by atoms with E-state index in [1.807, 2.05) is 0 Å². The molecule has 5 nitrogen and oxygen atoms in total. The number of hydrogen-bond donors (Lipinski definition) is 1. The maximum Gasteiger partial charge on any atom is 0.341 e. The van der Waals surface area contributed by atoms with Crippen molar-refractivity contribution in [2.24, 2.45) is 0 Å². The summed E-state index contributed by atoms with van der Waals surface area (Å²) in [7, 11) is 1.27. The number of carboxylic acids is 1. The fourth-order valence-electron chi connectivity index (χ4n) is 1.49. The molecule has 0 radical (unpaired) electrons. The average molecular weight is 226 g/mol. The van der Waals surface area contributed by atoms with Gasteiger partial charge in [-0.2, -0.15) is 0 Å². The minimum atomic E-state index is -0.965. The maximum atomic E-state index is 11.3. The van der Waals surface area contributed by atoms with Gasteiger partial charge in [-0.15, -0.1) is 0 Å². The summed E-state index contributed by atoms with van der Waals surface area (Å²) in [6.45, 7) is 3.35. The van der Waals surface area contributed by atoms with Gasteiger partial charge in [-0.3, -0.25) is 4.79 Å². The van der Waals surface area contributed by atoms with Gasteiger partial charge in [0.05, 0.1) is 7.11 Å². The molecular weight excluding hydrogens is 212 g/mol. The largest absolute Gasteiger partial charge is 0.481 e. The molecule has 1 aromatic rings. The lowest BCUT2D eigenvalue weighted by Gasteiger charge is -2.04. The molecular formula is C11H14O5.